The fourth-order valence-electron chi connectivity index (χ4n) is 1.21. The normalized spacial score (nSPS) is 12.7. The molecule has 2 aromatic heterocycles. The molecule has 0 saturated carbocycles. The van der Waals surface area contributed by atoms with E-state index in [1.165, 1.54) is 0 Å². The Labute approximate surface area is 81.9 Å². The number of aromatic nitrogens is 3. The van der Waals surface area contributed by atoms with Crippen molar-refractivity contribution in [2.45, 2.75) is 13.0 Å². The number of aliphatic hydroxyl groups excluding tert-OH is 1. The van der Waals surface area contributed by atoms with Crippen LogP contribution < -0.4 is 0 Å². The second kappa shape index (κ2) is 3.59. The highest BCUT2D eigenvalue weighted by Crippen LogP contribution is 2.11. The van der Waals surface area contributed by atoms with Crippen molar-refractivity contribution >= 4 is 0 Å². The first-order valence-corrected chi connectivity index (χ1v) is 4.40. The van der Waals surface area contributed by atoms with Crippen molar-refractivity contribution in [1.29, 1.82) is 0 Å². The first-order valence-electron chi connectivity index (χ1n) is 4.40. The number of hydrogen-bond acceptors (Lipinski definition) is 3. The zero-order chi connectivity index (χ0) is 9.97. The van der Waals surface area contributed by atoms with Gasteiger partial charge in [-0.05, 0) is 19.1 Å². The minimum atomic E-state index is -0.521. The third-order valence-electron chi connectivity index (χ3n) is 2.00. The Bertz CT molecular complexity index is 392. The molecule has 1 N–H and O–H groups in total. The van der Waals surface area contributed by atoms with Crippen molar-refractivity contribution in [3.8, 4) is 5.69 Å². The molecule has 72 valence electrons. The highest BCUT2D eigenvalue weighted by Gasteiger charge is 2.02. The zero-order valence-corrected chi connectivity index (χ0v) is 7.83. The molecular weight excluding hydrogens is 178 g/mol. The summed E-state index contributed by atoms with van der Waals surface area (Å²) in [5.41, 5.74) is 1.61. The Kier molecular flexibility index (Phi) is 2.28. The molecule has 4 heteroatoms. The predicted molar refractivity (Wildman–Crippen MR) is 52.0 cm³/mol. The van der Waals surface area contributed by atoms with E-state index in [-0.39, 0.29) is 0 Å². The average Bonchev–Trinajstić information content (AvgIpc) is 2.71. The predicted octanol–water partition coefficient (Wildman–Crippen LogP) is 1.32. The van der Waals surface area contributed by atoms with Crippen LogP contribution in [0.5, 0.6) is 0 Å². The molecule has 0 bridgehead atoms. The fourth-order valence-corrected chi connectivity index (χ4v) is 1.21. The lowest BCUT2D eigenvalue weighted by molar-refractivity contribution is 0.194. The van der Waals surface area contributed by atoms with E-state index in [0.29, 0.717) is 5.69 Å². The highest BCUT2D eigenvalue weighted by molar-refractivity contribution is 5.29. The van der Waals surface area contributed by atoms with Crippen LogP contribution in [0.25, 0.3) is 5.69 Å². The van der Waals surface area contributed by atoms with E-state index in [1.54, 1.807) is 31.7 Å². The van der Waals surface area contributed by atoms with Gasteiger partial charge in [0.15, 0.2) is 0 Å². The number of imidazole rings is 1. The number of aliphatic hydroxyl groups is 1. The first-order chi connectivity index (χ1) is 6.77. The fraction of sp³-hybridized carbons (Fsp3) is 0.200. The average molecular weight is 189 g/mol. The Morgan fingerprint density at radius 2 is 2.29 bits per heavy atom. The monoisotopic (exact) mass is 189 g/mol. The van der Waals surface area contributed by atoms with Crippen LogP contribution in [0.4, 0.5) is 0 Å². The molecule has 14 heavy (non-hydrogen) atoms. The second-order valence-electron chi connectivity index (χ2n) is 3.09. The molecule has 2 heterocycles. The Hall–Kier alpha value is -1.68. The molecule has 1 atom stereocenters. The summed E-state index contributed by atoms with van der Waals surface area (Å²) in [6, 6.07) is 3.71. The molecule has 0 aromatic carbocycles. The minimum Gasteiger partial charge on any atom is -0.387 e. The lowest BCUT2D eigenvalue weighted by atomic mass is 10.2. The van der Waals surface area contributed by atoms with Crippen LogP contribution in [0, 0.1) is 0 Å². The van der Waals surface area contributed by atoms with Crippen molar-refractivity contribution < 1.29 is 5.11 Å². The lowest BCUT2D eigenvalue weighted by Crippen LogP contribution is -1.97. The summed E-state index contributed by atoms with van der Waals surface area (Å²) in [4.78, 5) is 8.08. The van der Waals surface area contributed by atoms with Crippen LogP contribution in [-0.4, -0.2) is 19.6 Å². The Morgan fingerprint density at radius 1 is 1.43 bits per heavy atom. The third kappa shape index (κ3) is 1.65. The van der Waals surface area contributed by atoms with Gasteiger partial charge in [-0.2, -0.15) is 0 Å². The van der Waals surface area contributed by atoms with Crippen molar-refractivity contribution in [2.75, 3.05) is 0 Å². The van der Waals surface area contributed by atoms with Crippen molar-refractivity contribution in [1.82, 2.24) is 14.5 Å². The quantitative estimate of drug-likeness (QED) is 0.775. The van der Waals surface area contributed by atoms with Crippen LogP contribution in [-0.2, 0) is 0 Å². The summed E-state index contributed by atoms with van der Waals surface area (Å²) < 4.78 is 1.86. The number of nitrogens with zero attached hydrogens (tertiary/aromatic N) is 3. The molecule has 0 fully saturated rings. The van der Waals surface area contributed by atoms with E-state index >= 15 is 0 Å². The first kappa shape index (κ1) is 8.90. The van der Waals surface area contributed by atoms with Crippen molar-refractivity contribution in [3.05, 3.63) is 42.7 Å². The Balaban J connectivity index is 2.31. The molecule has 0 amide bonds. The smallest absolute Gasteiger partial charge is 0.0992 e. The van der Waals surface area contributed by atoms with Crippen molar-refractivity contribution in [2.24, 2.45) is 0 Å². The molecule has 0 spiro atoms. The summed E-state index contributed by atoms with van der Waals surface area (Å²) in [5.74, 6) is 0. The summed E-state index contributed by atoms with van der Waals surface area (Å²) >= 11 is 0. The molecule has 2 rings (SSSR count). The third-order valence-corrected chi connectivity index (χ3v) is 2.00. The molecule has 0 saturated heterocycles. The van der Waals surface area contributed by atoms with Gasteiger partial charge in [-0.3, -0.25) is 4.98 Å². The Morgan fingerprint density at radius 3 is 2.79 bits per heavy atom. The van der Waals surface area contributed by atoms with Gasteiger partial charge < -0.3 is 9.67 Å². The van der Waals surface area contributed by atoms with Crippen molar-refractivity contribution in [3.63, 3.8) is 0 Å². The summed E-state index contributed by atoms with van der Waals surface area (Å²) in [6.45, 7) is 1.69. The molecule has 0 aliphatic carbocycles. The molecule has 2 aromatic rings. The van der Waals surface area contributed by atoms with Gasteiger partial charge in [0.05, 0.1) is 30.0 Å². The van der Waals surface area contributed by atoms with Crippen LogP contribution in [0.2, 0.25) is 0 Å². The molecule has 0 radical (unpaired) electrons. The van der Waals surface area contributed by atoms with E-state index < -0.39 is 6.10 Å². The molecule has 0 aliphatic heterocycles. The standard InChI is InChI=1S/C10H11N3O/c1-8(14)10-3-2-9(6-12-10)13-5-4-11-7-13/h2-8,14H,1H3/t8-/m1/s1. The number of rotatable bonds is 2. The topological polar surface area (TPSA) is 50.9 Å². The highest BCUT2D eigenvalue weighted by atomic mass is 16.3. The molecule has 0 unspecified atom stereocenters. The van der Waals surface area contributed by atoms with Gasteiger partial charge in [0.1, 0.15) is 0 Å². The van der Waals surface area contributed by atoms with E-state index in [4.69, 9.17) is 0 Å². The molecule has 4 nitrogen and oxygen atoms in total. The van der Waals surface area contributed by atoms with Crippen LogP contribution >= 0.6 is 0 Å². The largest absolute Gasteiger partial charge is 0.387 e. The van der Waals surface area contributed by atoms with Crippen LogP contribution in [0.15, 0.2) is 37.1 Å². The summed E-state index contributed by atoms with van der Waals surface area (Å²) in [5, 5.41) is 9.26. The van der Waals surface area contributed by atoms with E-state index in [9.17, 15) is 5.11 Å². The zero-order valence-electron chi connectivity index (χ0n) is 7.83. The van der Waals surface area contributed by atoms with E-state index in [0.717, 1.165) is 5.69 Å². The molecule has 0 aliphatic rings. The molecular formula is C10H11N3O. The minimum absolute atomic E-state index is 0.521. The lowest BCUT2D eigenvalue weighted by Gasteiger charge is -2.05. The second-order valence-corrected chi connectivity index (χ2v) is 3.09. The van der Waals surface area contributed by atoms with Crippen LogP contribution in [0.3, 0.4) is 0 Å². The van der Waals surface area contributed by atoms with Crippen LogP contribution in [0.1, 0.15) is 18.7 Å². The summed E-state index contributed by atoms with van der Waals surface area (Å²) in [7, 11) is 0. The van der Waals surface area contributed by atoms with Gasteiger partial charge in [-0.1, -0.05) is 0 Å². The number of pyridine rings is 1. The van der Waals surface area contributed by atoms with Gasteiger partial charge in [0.25, 0.3) is 0 Å². The van der Waals surface area contributed by atoms with Gasteiger partial charge in [-0.25, -0.2) is 4.98 Å². The SMILES string of the molecule is C[C@@H](O)c1ccc(-n2ccnc2)cn1. The maximum Gasteiger partial charge on any atom is 0.0992 e. The maximum absolute atomic E-state index is 9.26. The van der Waals surface area contributed by atoms with Gasteiger partial charge >= 0.3 is 0 Å². The van der Waals surface area contributed by atoms with E-state index in [2.05, 4.69) is 9.97 Å². The van der Waals surface area contributed by atoms with Gasteiger partial charge in [-0.15, -0.1) is 0 Å². The number of hydrogen-bond donors (Lipinski definition) is 1. The maximum atomic E-state index is 9.26. The van der Waals surface area contributed by atoms with Gasteiger partial charge in [0, 0.05) is 12.4 Å². The van der Waals surface area contributed by atoms with Gasteiger partial charge in [0.2, 0.25) is 0 Å². The van der Waals surface area contributed by atoms with E-state index in [1.807, 2.05) is 16.8 Å². The summed E-state index contributed by atoms with van der Waals surface area (Å²) in [6.07, 6.45) is 6.46.